The van der Waals surface area contributed by atoms with E-state index in [9.17, 15) is 13.2 Å². The summed E-state index contributed by atoms with van der Waals surface area (Å²) in [6.07, 6.45) is 1.45. The first-order valence-electron chi connectivity index (χ1n) is 9.39. The van der Waals surface area contributed by atoms with E-state index in [2.05, 4.69) is 15.6 Å². The van der Waals surface area contributed by atoms with Crippen molar-refractivity contribution in [1.29, 1.82) is 0 Å². The highest BCUT2D eigenvalue weighted by atomic mass is 32.2. The van der Waals surface area contributed by atoms with Gasteiger partial charge in [0.05, 0.1) is 16.8 Å². The molecule has 0 radical (unpaired) electrons. The van der Waals surface area contributed by atoms with E-state index in [4.69, 9.17) is 0 Å². The van der Waals surface area contributed by atoms with Crippen molar-refractivity contribution < 1.29 is 13.2 Å². The number of aromatic nitrogens is 3. The molecular weight excluding hydrogens is 400 g/mol. The van der Waals surface area contributed by atoms with Gasteiger partial charge in [-0.05, 0) is 40.6 Å². The molecule has 7 nitrogen and oxygen atoms in total. The number of nitrogens with one attached hydrogen (secondary N) is 1. The Balaban J connectivity index is 1.65. The second-order valence-electron chi connectivity index (χ2n) is 7.02. The van der Waals surface area contributed by atoms with E-state index >= 15 is 0 Å². The zero-order valence-corrected chi connectivity index (χ0v) is 17.3. The summed E-state index contributed by atoms with van der Waals surface area (Å²) in [5.41, 5.74) is 2.13. The maximum atomic E-state index is 12.9. The zero-order chi connectivity index (χ0) is 21.3. The van der Waals surface area contributed by atoms with Crippen LogP contribution in [0.25, 0.3) is 10.8 Å². The number of hydrogen-bond acceptors (Lipinski definition) is 5. The minimum atomic E-state index is -3.89. The Bertz CT molecular complexity index is 1320. The average Bonchev–Trinajstić information content (AvgIpc) is 3.24. The van der Waals surface area contributed by atoms with E-state index in [-0.39, 0.29) is 16.7 Å². The molecule has 8 heteroatoms. The Morgan fingerprint density at radius 3 is 2.43 bits per heavy atom. The van der Waals surface area contributed by atoms with Gasteiger partial charge in [0, 0.05) is 18.5 Å². The SMILES string of the molecule is CC(=O)Nc1ccc(S(=O)(=O)n2cc([C@H](C)c3cccc4ccccc34)nn2)cc1. The number of carbonyl (C=O) groups excluding carboxylic acids is 1. The van der Waals surface area contributed by atoms with Crippen molar-refractivity contribution in [3.05, 3.63) is 84.2 Å². The number of rotatable bonds is 5. The van der Waals surface area contributed by atoms with Crippen LogP contribution in [0.3, 0.4) is 0 Å². The first-order valence-corrected chi connectivity index (χ1v) is 10.8. The van der Waals surface area contributed by atoms with Gasteiger partial charge in [0.25, 0.3) is 10.0 Å². The summed E-state index contributed by atoms with van der Waals surface area (Å²) < 4.78 is 26.7. The molecule has 0 unspecified atom stereocenters. The number of nitrogens with zero attached hydrogens (tertiary/aromatic N) is 3. The Morgan fingerprint density at radius 1 is 1.00 bits per heavy atom. The first kappa shape index (κ1) is 19.8. The van der Waals surface area contributed by atoms with Crippen LogP contribution in [0.2, 0.25) is 0 Å². The van der Waals surface area contributed by atoms with Gasteiger partial charge in [0.15, 0.2) is 0 Å². The van der Waals surface area contributed by atoms with Crippen molar-refractivity contribution >= 4 is 32.4 Å². The highest BCUT2D eigenvalue weighted by molar-refractivity contribution is 7.89. The molecule has 152 valence electrons. The largest absolute Gasteiger partial charge is 0.326 e. The fourth-order valence-electron chi connectivity index (χ4n) is 3.39. The van der Waals surface area contributed by atoms with Gasteiger partial charge in [-0.1, -0.05) is 54.6 Å². The molecule has 0 aliphatic rings. The Kier molecular flexibility index (Phi) is 5.09. The van der Waals surface area contributed by atoms with Gasteiger partial charge in [-0.3, -0.25) is 4.79 Å². The van der Waals surface area contributed by atoms with Crippen molar-refractivity contribution in [3.8, 4) is 0 Å². The van der Waals surface area contributed by atoms with E-state index in [1.807, 2.05) is 49.4 Å². The van der Waals surface area contributed by atoms with Crippen LogP contribution in [0.4, 0.5) is 5.69 Å². The van der Waals surface area contributed by atoms with Gasteiger partial charge in [0.1, 0.15) is 0 Å². The number of fused-ring (bicyclic) bond motifs is 1. The lowest BCUT2D eigenvalue weighted by molar-refractivity contribution is -0.114. The van der Waals surface area contributed by atoms with E-state index in [0.717, 1.165) is 20.4 Å². The molecule has 30 heavy (non-hydrogen) atoms. The second kappa shape index (κ2) is 7.72. The fraction of sp³-hybridized carbons (Fsp3) is 0.136. The number of amides is 1. The molecule has 1 aromatic heterocycles. The van der Waals surface area contributed by atoms with Gasteiger partial charge >= 0.3 is 0 Å². The molecule has 0 saturated heterocycles. The molecule has 1 heterocycles. The van der Waals surface area contributed by atoms with E-state index in [0.29, 0.717) is 11.4 Å². The van der Waals surface area contributed by atoms with Crippen molar-refractivity contribution in [3.63, 3.8) is 0 Å². The van der Waals surface area contributed by atoms with Gasteiger partial charge < -0.3 is 5.32 Å². The van der Waals surface area contributed by atoms with Crippen LogP contribution in [0.1, 0.15) is 31.0 Å². The maximum absolute atomic E-state index is 12.9. The highest BCUT2D eigenvalue weighted by Crippen LogP contribution is 2.29. The second-order valence-corrected chi connectivity index (χ2v) is 8.81. The van der Waals surface area contributed by atoms with Crippen molar-refractivity contribution in [2.45, 2.75) is 24.7 Å². The van der Waals surface area contributed by atoms with Gasteiger partial charge in [-0.2, -0.15) is 8.42 Å². The molecule has 4 aromatic rings. The molecule has 4 rings (SSSR count). The molecule has 1 N–H and O–H groups in total. The van der Waals surface area contributed by atoms with Crippen LogP contribution in [-0.2, 0) is 14.8 Å². The van der Waals surface area contributed by atoms with Crippen molar-refractivity contribution in [2.75, 3.05) is 5.32 Å². The summed E-state index contributed by atoms with van der Waals surface area (Å²) in [6.45, 7) is 3.36. The molecule has 3 aromatic carbocycles. The minimum Gasteiger partial charge on any atom is -0.326 e. The fourth-order valence-corrected chi connectivity index (χ4v) is 4.46. The number of hydrogen-bond donors (Lipinski definition) is 1. The molecule has 0 saturated carbocycles. The third-order valence-electron chi connectivity index (χ3n) is 4.94. The maximum Gasteiger partial charge on any atom is 0.284 e. The lowest BCUT2D eigenvalue weighted by Gasteiger charge is -2.12. The van der Waals surface area contributed by atoms with Crippen LogP contribution in [0.5, 0.6) is 0 Å². The lowest BCUT2D eigenvalue weighted by atomic mass is 9.93. The normalized spacial score (nSPS) is 12.6. The molecule has 0 fully saturated rings. The first-order chi connectivity index (χ1) is 14.4. The van der Waals surface area contributed by atoms with Crippen molar-refractivity contribution in [2.24, 2.45) is 0 Å². The standard InChI is InChI=1S/C22H20N4O3S/c1-15(20-9-5-7-17-6-3-4-8-21(17)20)22-14-26(25-24-22)30(28,29)19-12-10-18(11-13-19)23-16(2)27/h3-15H,1-2H3,(H,23,27)/t15-/m1/s1. The topological polar surface area (TPSA) is 94.0 Å². The zero-order valence-electron chi connectivity index (χ0n) is 16.5. The van der Waals surface area contributed by atoms with Crippen LogP contribution >= 0.6 is 0 Å². The average molecular weight is 420 g/mol. The Morgan fingerprint density at radius 2 is 1.70 bits per heavy atom. The number of anilines is 1. The summed E-state index contributed by atoms with van der Waals surface area (Å²) in [6, 6.07) is 20.0. The van der Waals surface area contributed by atoms with Crippen LogP contribution < -0.4 is 5.32 Å². The molecule has 0 spiro atoms. The number of carbonyl (C=O) groups is 1. The predicted molar refractivity (Wildman–Crippen MR) is 115 cm³/mol. The van der Waals surface area contributed by atoms with E-state index in [1.165, 1.54) is 37.4 Å². The summed E-state index contributed by atoms with van der Waals surface area (Å²) in [4.78, 5) is 11.2. The predicted octanol–water partition coefficient (Wildman–Crippen LogP) is 3.78. The minimum absolute atomic E-state index is 0.0610. The smallest absolute Gasteiger partial charge is 0.284 e. The molecule has 0 aliphatic carbocycles. The summed E-state index contributed by atoms with van der Waals surface area (Å²) in [7, 11) is -3.89. The van der Waals surface area contributed by atoms with Crippen LogP contribution in [-0.4, -0.2) is 28.7 Å². The van der Waals surface area contributed by atoms with Gasteiger partial charge in [-0.15, -0.1) is 9.19 Å². The summed E-state index contributed by atoms with van der Waals surface area (Å²) in [5.74, 6) is -0.365. The third kappa shape index (κ3) is 3.69. The summed E-state index contributed by atoms with van der Waals surface area (Å²) in [5, 5.41) is 12.8. The molecule has 1 amide bonds. The van der Waals surface area contributed by atoms with Crippen LogP contribution in [0.15, 0.2) is 77.8 Å². The highest BCUT2D eigenvalue weighted by Gasteiger charge is 2.22. The van der Waals surface area contributed by atoms with Crippen LogP contribution in [0, 0.1) is 0 Å². The van der Waals surface area contributed by atoms with Crippen molar-refractivity contribution in [1.82, 2.24) is 14.4 Å². The van der Waals surface area contributed by atoms with E-state index in [1.54, 1.807) is 0 Å². The third-order valence-corrected chi connectivity index (χ3v) is 6.48. The Labute approximate surface area is 174 Å². The molecule has 1 atom stereocenters. The lowest BCUT2D eigenvalue weighted by Crippen LogP contribution is -2.14. The monoisotopic (exact) mass is 420 g/mol. The Hall–Kier alpha value is -3.52. The quantitative estimate of drug-likeness (QED) is 0.530. The van der Waals surface area contributed by atoms with Gasteiger partial charge in [-0.25, -0.2) is 0 Å². The molecular formula is C22H20N4O3S. The van der Waals surface area contributed by atoms with Gasteiger partial charge in [0.2, 0.25) is 5.91 Å². The molecule has 0 bridgehead atoms. The number of benzene rings is 3. The summed E-state index contributed by atoms with van der Waals surface area (Å²) >= 11 is 0. The molecule has 0 aliphatic heterocycles. The van der Waals surface area contributed by atoms with E-state index < -0.39 is 10.0 Å².